The Bertz CT molecular complexity index is 2280. The van der Waals surface area contributed by atoms with Gasteiger partial charge in [0.25, 0.3) is 0 Å². The van der Waals surface area contributed by atoms with Crippen molar-refractivity contribution in [3.8, 4) is 33.9 Å². The van der Waals surface area contributed by atoms with Crippen LogP contribution in [0.5, 0.6) is 11.5 Å². The summed E-state index contributed by atoms with van der Waals surface area (Å²) in [6, 6.07) is 45.9. The average Bonchev–Trinajstić information content (AvgIpc) is 3.65. The second-order valence-electron chi connectivity index (χ2n) is 15.3. The normalized spacial score (nSPS) is 13.7. The minimum absolute atomic E-state index is 0.0269. The molecule has 0 unspecified atom stereocenters. The summed E-state index contributed by atoms with van der Waals surface area (Å²) < 4.78 is 6.68. The number of ether oxygens (including phenoxy) is 1. The van der Waals surface area contributed by atoms with Gasteiger partial charge >= 0.3 is 0 Å². The number of aromatic amines is 1. The van der Waals surface area contributed by atoms with Gasteiger partial charge in [-0.2, -0.15) is 5.10 Å². The number of pyridine rings is 1. The molecule has 0 bridgehead atoms. The summed E-state index contributed by atoms with van der Waals surface area (Å²) in [5.41, 5.74) is 8.33. The lowest BCUT2D eigenvalue weighted by Crippen LogP contribution is -2.73. The van der Waals surface area contributed by atoms with E-state index in [-0.39, 0.29) is 10.8 Å². The van der Waals surface area contributed by atoms with Crippen molar-refractivity contribution in [2.75, 3.05) is 0 Å². The highest BCUT2D eigenvalue weighted by molar-refractivity contribution is 7.21. The van der Waals surface area contributed by atoms with Crippen LogP contribution >= 0.6 is 0 Å². The second-order valence-corrected chi connectivity index (χ2v) is 18.9. The number of benzene rings is 5. The zero-order valence-electron chi connectivity index (χ0n) is 29.0. The number of nitrogens with zero attached hydrogens (tertiary/aromatic N) is 2. The van der Waals surface area contributed by atoms with Gasteiger partial charge in [-0.05, 0) is 91.1 Å². The zero-order chi connectivity index (χ0) is 34.0. The lowest BCUT2D eigenvalue weighted by Gasteiger charge is -2.31. The Morgan fingerprint density at radius 2 is 1.22 bits per heavy atom. The van der Waals surface area contributed by atoms with Gasteiger partial charge in [0.15, 0.2) is 0 Å². The monoisotopic (exact) mass is 655 g/mol. The summed E-state index contributed by atoms with van der Waals surface area (Å²) in [5, 5.41) is 14.0. The lowest BCUT2D eigenvalue weighted by molar-refractivity contribution is 0.483. The third-order valence-corrected chi connectivity index (χ3v) is 14.7. The molecule has 49 heavy (non-hydrogen) atoms. The Kier molecular flexibility index (Phi) is 7.23. The van der Waals surface area contributed by atoms with E-state index in [4.69, 9.17) is 9.72 Å². The van der Waals surface area contributed by atoms with E-state index in [1.807, 2.05) is 42.6 Å². The van der Waals surface area contributed by atoms with Gasteiger partial charge in [0, 0.05) is 22.5 Å². The van der Waals surface area contributed by atoms with Crippen LogP contribution in [-0.2, 0) is 10.8 Å². The minimum Gasteiger partial charge on any atom is -0.457 e. The van der Waals surface area contributed by atoms with Gasteiger partial charge < -0.3 is 4.74 Å². The highest BCUT2D eigenvalue weighted by Crippen LogP contribution is 2.36. The van der Waals surface area contributed by atoms with Crippen LogP contribution in [0.2, 0.25) is 0 Å². The minimum atomic E-state index is -2.83. The fraction of sp³-hybridized carbons (Fsp3) is 0.182. The summed E-state index contributed by atoms with van der Waals surface area (Å²) in [7, 11) is -2.83. The van der Waals surface area contributed by atoms with Gasteiger partial charge in [0.05, 0.1) is 5.52 Å². The van der Waals surface area contributed by atoms with Crippen molar-refractivity contribution < 1.29 is 4.74 Å². The third kappa shape index (κ3) is 5.20. The van der Waals surface area contributed by atoms with Gasteiger partial charge in [-0.25, -0.2) is 0 Å². The van der Waals surface area contributed by atoms with Crippen molar-refractivity contribution in [1.82, 2.24) is 15.2 Å². The SMILES string of the molecule is CC(C)(C)c1ccc2c(c1)-c1cc(C(C)(C)C)ccc1[Si]2(c1cccc(Oc2cccc(-c3n[nH]c4ccccc34)c2)c1)c1ccccn1. The van der Waals surface area contributed by atoms with Crippen LogP contribution in [0.1, 0.15) is 52.7 Å². The van der Waals surface area contributed by atoms with Crippen LogP contribution in [0.25, 0.3) is 33.3 Å². The van der Waals surface area contributed by atoms with E-state index in [0.29, 0.717) is 0 Å². The lowest BCUT2D eigenvalue weighted by atomic mass is 9.83. The van der Waals surface area contributed by atoms with Crippen molar-refractivity contribution in [3.63, 3.8) is 0 Å². The van der Waals surface area contributed by atoms with E-state index in [1.165, 1.54) is 37.8 Å². The molecule has 0 atom stereocenters. The van der Waals surface area contributed by atoms with Gasteiger partial charge in [0.1, 0.15) is 17.2 Å². The Morgan fingerprint density at radius 3 is 1.88 bits per heavy atom. The number of aromatic nitrogens is 3. The van der Waals surface area contributed by atoms with Gasteiger partial charge in [0.2, 0.25) is 8.07 Å². The molecule has 0 fully saturated rings. The molecule has 0 aliphatic carbocycles. The first-order valence-corrected chi connectivity index (χ1v) is 19.1. The molecule has 4 nitrogen and oxygen atoms in total. The van der Waals surface area contributed by atoms with E-state index in [2.05, 4.69) is 143 Å². The number of H-pyrrole nitrogens is 1. The molecular formula is C44H41N3OSi. The van der Waals surface area contributed by atoms with Crippen molar-refractivity contribution in [3.05, 3.63) is 145 Å². The van der Waals surface area contributed by atoms with Crippen molar-refractivity contribution in [2.45, 2.75) is 52.4 Å². The molecule has 2 aromatic heterocycles. The van der Waals surface area contributed by atoms with Crippen molar-refractivity contribution >= 4 is 39.9 Å². The van der Waals surface area contributed by atoms with Crippen LogP contribution in [-0.4, -0.2) is 23.3 Å². The van der Waals surface area contributed by atoms with Crippen LogP contribution < -0.4 is 25.6 Å². The maximum Gasteiger partial charge on any atom is 0.203 e. The van der Waals surface area contributed by atoms with Crippen molar-refractivity contribution in [1.29, 1.82) is 0 Å². The molecule has 1 aliphatic heterocycles. The molecule has 1 N–H and O–H groups in total. The van der Waals surface area contributed by atoms with E-state index in [9.17, 15) is 0 Å². The fourth-order valence-corrected chi connectivity index (χ4v) is 12.4. The summed E-state index contributed by atoms with van der Waals surface area (Å²) in [6.07, 6.45) is 1.94. The summed E-state index contributed by atoms with van der Waals surface area (Å²) in [5.74, 6) is 1.57. The number of hydrogen-bond acceptors (Lipinski definition) is 3. The Morgan fingerprint density at radius 1 is 0.592 bits per heavy atom. The summed E-state index contributed by atoms with van der Waals surface area (Å²) in [6.45, 7) is 13.8. The predicted octanol–water partition coefficient (Wildman–Crippen LogP) is 8.37. The topological polar surface area (TPSA) is 50.8 Å². The maximum absolute atomic E-state index is 6.68. The van der Waals surface area contributed by atoms with Gasteiger partial charge in [-0.1, -0.05) is 126 Å². The molecule has 7 aromatic rings. The van der Waals surface area contributed by atoms with Gasteiger partial charge in [-0.15, -0.1) is 0 Å². The number of para-hydroxylation sites is 1. The average molecular weight is 656 g/mol. The zero-order valence-corrected chi connectivity index (χ0v) is 30.0. The predicted molar refractivity (Wildman–Crippen MR) is 206 cm³/mol. The first kappa shape index (κ1) is 31.0. The Balaban J connectivity index is 1.30. The molecule has 0 amide bonds. The standard InChI is InChI=1S/C44H41N3OSi/c1-43(2,3)30-20-22-39-36(26-30)37-27-31(44(4,5)6)21-23-40(37)49(39,41-19-9-10-24-45-41)34-16-12-15-33(28-34)48-32-14-11-13-29(25-32)42-35-17-7-8-18-38(35)46-47-42/h7-28H,1-6H3,(H,46,47). The third-order valence-electron chi connectivity index (χ3n) is 10.00. The highest BCUT2D eigenvalue weighted by Gasteiger charge is 2.50. The van der Waals surface area contributed by atoms with Crippen LogP contribution in [0.15, 0.2) is 134 Å². The van der Waals surface area contributed by atoms with E-state index in [1.54, 1.807) is 0 Å². The van der Waals surface area contributed by atoms with E-state index >= 15 is 0 Å². The van der Waals surface area contributed by atoms with E-state index in [0.717, 1.165) is 39.0 Å². The summed E-state index contributed by atoms with van der Waals surface area (Å²) >= 11 is 0. The molecule has 0 saturated carbocycles. The van der Waals surface area contributed by atoms with Crippen molar-refractivity contribution in [2.24, 2.45) is 0 Å². The molecule has 3 heterocycles. The molecule has 0 saturated heterocycles. The Hall–Kier alpha value is -5.26. The van der Waals surface area contributed by atoms with Gasteiger partial charge in [-0.3, -0.25) is 10.1 Å². The largest absolute Gasteiger partial charge is 0.457 e. The maximum atomic E-state index is 6.68. The molecule has 242 valence electrons. The number of fused-ring (bicyclic) bond motifs is 4. The molecule has 8 rings (SSSR count). The number of nitrogens with one attached hydrogen (secondary N) is 1. The second kappa shape index (κ2) is 11.4. The Labute approximate surface area is 289 Å². The smallest absolute Gasteiger partial charge is 0.203 e. The molecule has 5 heteroatoms. The number of hydrogen-bond donors (Lipinski definition) is 1. The van der Waals surface area contributed by atoms with Crippen LogP contribution in [0, 0.1) is 0 Å². The summed E-state index contributed by atoms with van der Waals surface area (Å²) in [4.78, 5) is 5.14. The fourth-order valence-electron chi connectivity index (χ4n) is 7.41. The first-order chi connectivity index (χ1) is 23.5. The molecular weight excluding hydrogens is 615 g/mol. The first-order valence-electron chi connectivity index (χ1n) is 17.1. The highest BCUT2D eigenvalue weighted by atomic mass is 28.3. The molecule has 1 aliphatic rings. The number of rotatable bonds is 5. The van der Waals surface area contributed by atoms with Crippen LogP contribution in [0.4, 0.5) is 0 Å². The van der Waals surface area contributed by atoms with Crippen LogP contribution in [0.3, 0.4) is 0 Å². The quantitative estimate of drug-likeness (QED) is 0.190. The van der Waals surface area contributed by atoms with E-state index < -0.39 is 8.07 Å². The molecule has 0 radical (unpaired) electrons. The molecule has 0 spiro atoms. The molecule has 5 aromatic carbocycles.